The standard InChI is InChI=1S/C13H16BrNO3/c1-2-3-8-15-12(16)9-18-13(17)10-6-4-5-7-11(10)14/h4-7H,2-3,8-9H2,1H3,(H,15,16). The van der Waals surface area contributed by atoms with E-state index in [0.717, 1.165) is 12.8 Å². The summed E-state index contributed by atoms with van der Waals surface area (Å²) in [4.78, 5) is 23.0. The van der Waals surface area contributed by atoms with Gasteiger partial charge in [0.15, 0.2) is 6.61 Å². The minimum absolute atomic E-state index is 0.246. The Labute approximate surface area is 115 Å². The molecule has 0 spiro atoms. The van der Waals surface area contributed by atoms with Gasteiger partial charge in [-0.05, 0) is 34.5 Å². The van der Waals surface area contributed by atoms with Crippen molar-refractivity contribution in [3.8, 4) is 0 Å². The van der Waals surface area contributed by atoms with Crippen LogP contribution in [0.3, 0.4) is 0 Å². The monoisotopic (exact) mass is 313 g/mol. The Bertz CT molecular complexity index is 420. The summed E-state index contributed by atoms with van der Waals surface area (Å²) < 4.78 is 5.57. The second-order valence-corrected chi connectivity index (χ2v) is 4.61. The molecule has 0 aliphatic rings. The summed E-state index contributed by atoms with van der Waals surface area (Å²) in [7, 11) is 0. The van der Waals surface area contributed by atoms with Crippen molar-refractivity contribution in [2.45, 2.75) is 19.8 Å². The molecule has 1 amide bonds. The van der Waals surface area contributed by atoms with Gasteiger partial charge in [-0.15, -0.1) is 0 Å². The largest absolute Gasteiger partial charge is 0.452 e. The Morgan fingerprint density at radius 1 is 1.33 bits per heavy atom. The second kappa shape index (κ2) is 7.87. The zero-order valence-corrected chi connectivity index (χ0v) is 11.8. The Morgan fingerprint density at radius 3 is 2.72 bits per heavy atom. The predicted octanol–water partition coefficient (Wildman–Crippen LogP) is 2.52. The van der Waals surface area contributed by atoms with Crippen LogP contribution in [0.1, 0.15) is 30.1 Å². The third-order valence-electron chi connectivity index (χ3n) is 2.28. The molecule has 0 aromatic heterocycles. The normalized spacial score (nSPS) is 9.89. The molecule has 5 heteroatoms. The first-order valence-electron chi connectivity index (χ1n) is 5.83. The average molecular weight is 314 g/mol. The van der Waals surface area contributed by atoms with Crippen molar-refractivity contribution in [3.05, 3.63) is 34.3 Å². The molecule has 1 rings (SSSR count). The lowest BCUT2D eigenvalue weighted by molar-refractivity contribution is -0.124. The number of hydrogen-bond donors (Lipinski definition) is 1. The molecule has 1 aromatic carbocycles. The summed E-state index contributed by atoms with van der Waals surface area (Å²) >= 11 is 3.25. The van der Waals surface area contributed by atoms with Gasteiger partial charge in [0, 0.05) is 11.0 Å². The molecule has 1 aromatic rings. The van der Waals surface area contributed by atoms with E-state index < -0.39 is 5.97 Å². The van der Waals surface area contributed by atoms with Crippen LogP contribution in [0.5, 0.6) is 0 Å². The number of esters is 1. The number of halogens is 1. The predicted molar refractivity (Wildman–Crippen MR) is 72.3 cm³/mol. The Balaban J connectivity index is 2.38. The first-order chi connectivity index (χ1) is 8.65. The fourth-order valence-electron chi connectivity index (χ4n) is 1.29. The number of benzene rings is 1. The zero-order valence-electron chi connectivity index (χ0n) is 10.2. The van der Waals surface area contributed by atoms with Gasteiger partial charge >= 0.3 is 5.97 Å². The van der Waals surface area contributed by atoms with Gasteiger partial charge in [0.1, 0.15) is 0 Å². The van der Waals surface area contributed by atoms with Crippen LogP contribution in [0.15, 0.2) is 28.7 Å². The van der Waals surface area contributed by atoms with E-state index in [2.05, 4.69) is 21.2 Å². The fourth-order valence-corrected chi connectivity index (χ4v) is 1.74. The maximum Gasteiger partial charge on any atom is 0.339 e. The van der Waals surface area contributed by atoms with Crippen molar-refractivity contribution in [2.75, 3.05) is 13.2 Å². The highest BCUT2D eigenvalue weighted by atomic mass is 79.9. The van der Waals surface area contributed by atoms with Crippen LogP contribution in [-0.2, 0) is 9.53 Å². The SMILES string of the molecule is CCCCNC(=O)COC(=O)c1ccccc1Br. The van der Waals surface area contributed by atoms with Crippen molar-refractivity contribution >= 4 is 27.8 Å². The van der Waals surface area contributed by atoms with Gasteiger partial charge in [-0.3, -0.25) is 4.79 Å². The second-order valence-electron chi connectivity index (χ2n) is 3.76. The number of ether oxygens (including phenoxy) is 1. The highest BCUT2D eigenvalue weighted by molar-refractivity contribution is 9.10. The summed E-state index contributed by atoms with van der Waals surface area (Å²) in [6.07, 6.45) is 1.93. The highest BCUT2D eigenvalue weighted by Crippen LogP contribution is 2.16. The van der Waals surface area contributed by atoms with E-state index in [-0.39, 0.29) is 12.5 Å². The molecule has 0 bridgehead atoms. The molecule has 0 radical (unpaired) electrons. The van der Waals surface area contributed by atoms with Crippen LogP contribution in [0.25, 0.3) is 0 Å². The average Bonchev–Trinajstić information content (AvgIpc) is 2.37. The van der Waals surface area contributed by atoms with E-state index in [1.54, 1.807) is 24.3 Å². The third-order valence-corrected chi connectivity index (χ3v) is 2.97. The third kappa shape index (κ3) is 4.87. The Morgan fingerprint density at radius 2 is 2.06 bits per heavy atom. The molecular formula is C13H16BrNO3. The summed E-state index contributed by atoms with van der Waals surface area (Å²) in [5, 5.41) is 2.68. The van der Waals surface area contributed by atoms with Gasteiger partial charge in [0.05, 0.1) is 5.56 Å². The lowest BCUT2D eigenvalue weighted by atomic mass is 10.2. The Kier molecular flexibility index (Phi) is 6.43. The lowest BCUT2D eigenvalue weighted by Crippen LogP contribution is -2.29. The molecular weight excluding hydrogens is 298 g/mol. The first kappa shape index (κ1) is 14.7. The van der Waals surface area contributed by atoms with Gasteiger partial charge < -0.3 is 10.1 Å². The van der Waals surface area contributed by atoms with Crippen LogP contribution in [-0.4, -0.2) is 25.0 Å². The molecule has 1 N–H and O–H groups in total. The van der Waals surface area contributed by atoms with Gasteiger partial charge in [-0.1, -0.05) is 25.5 Å². The minimum atomic E-state index is -0.506. The molecule has 0 heterocycles. The zero-order chi connectivity index (χ0) is 13.4. The molecule has 4 nitrogen and oxygen atoms in total. The van der Waals surface area contributed by atoms with Crippen molar-refractivity contribution in [3.63, 3.8) is 0 Å². The molecule has 0 saturated carbocycles. The van der Waals surface area contributed by atoms with Crippen LogP contribution in [0.4, 0.5) is 0 Å². The van der Waals surface area contributed by atoms with Gasteiger partial charge in [0.25, 0.3) is 5.91 Å². The van der Waals surface area contributed by atoms with Crippen LogP contribution >= 0.6 is 15.9 Å². The van der Waals surface area contributed by atoms with Crippen molar-refractivity contribution in [1.29, 1.82) is 0 Å². The van der Waals surface area contributed by atoms with E-state index >= 15 is 0 Å². The number of carbonyl (C=O) groups is 2. The van der Waals surface area contributed by atoms with Gasteiger partial charge in [0.2, 0.25) is 0 Å². The minimum Gasteiger partial charge on any atom is -0.452 e. The van der Waals surface area contributed by atoms with Crippen LogP contribution < -0.4 is 5.32 Å². The summed E-state index contributed by atoms with van der Waals surface area (Å²) in [6, 6.07) is 6.93. The molecule has 18 heavy (non-hydrogen) atoms. The summed E-state index contributed by atoms with van der Waals surface area (Å²) in [6.45, 7) is 2.41. The smallest absolute Gasteiger partial charge is 0.339 e. The maximum absolute atomic E-state index is 11.7. The lowest BCUT2D eigenvalue weighted by Gasteiger charge is -2.06. The quantitative estimate of drug-likeness (QED) is 0.648. The molecule has 98 valence electrons. The number of hydrogen-bond acceptors (Lipinski definition) is 3. The van der Waals surface area contributed by atoms with E-state index in [9.17, 15) is 9.59 Å². The fraction of sp³-hybridized carbons (Fsp3) is 0.385. The maximum atomic E-state index is 11.7. The van der Waals surface area contributed by atoms with Crippen molar-refractivity contribution in [1.82, 2.24) is 5.32 Å². The highest BCUT2D eigenvalue weighted by Gasteiger charge is 2.12. The number of carbonyl (C=O) groups excluding carboxylic acids is 2. The van der Waals surface area contributed by atoms with Crippen molar-refractivity contribution < 1.29 is 14.3 Å². The molecule has 0 aliphatic carbocycles. The topological polar surface area (TPSA) is 55.4 Å². The molecule has 0 aliphatic heterocycles. The number of unbranched alkanes of at least 4 members (excludes halogenated alkanes) is 1. The number of amides is 1. The van der Waals surface area contributed by atoms with Crippen LogP contribution in [0.2, 0.25) is 0 Å². The van der Waals surface area contributed by atoms with Crippen LogP contribution in [0, 0.1) is 0 Å². The summed E-state index contributed by atoms with van der Waals surface area (Å²) in [5.74, 6) is -0.781. The van der Waals surface area contributed by atoms with Crippen molar-refractivity contribution in [2.24, 2.45) is 0 Å². The molecule has 0 unspecified atom stereocenters. The number of rotatable bonds is 6. The van der Waals surface area contributed by atoms with E-state index in [1.807, 2.05) is 6.92 Å². The molecule has 0 fully saturated rings. The van der Waals surface area contributed by atoms with E-state index in [4.69, 9.17) is 4.74 Å². The summed E-state index contributed by atoms with van der Waals surface area (Å²) in [5.41, 5.74) is 0.416. The molecule has 0 saturated heterocycles. The number of nitrogens with one attached hydrogen (secondary N) is 1. The Hall–Kier alpha value is -1.36. The van der Waals surface area contributed by atoms with Gasteiger partial charge in [-0.2, -0.15) is 0 Å². The van der Waals surface area contributed by atoms with Gasteiger partial charge in [-0.25, -0.2) is 4.79 Å². The first-order valence-corrected chi connectivity index (χ1v) is 6.62. The molecule has 0 atom stereocenters. The van der Waals surface area contributed by atoms with E-state index in [1.165, 1.54) is 0 Å². The van der Waals surface area contributed by atoms with E-state index in [0.29, 0.717) is 16.6 Å².